The third-order valence-corrected chi connectivity index (χ3v) is 6.55. The van der Waals surface area contributed by atoms with Crippen molar-refractivity contribution in [3.8, 4) is 5.75 Å². The van der Waals surface area contributed by atoms with Crippen LogP contribution in [0.5, 0.6) is 5.75 Å². The molecule has 0 unspecified atom stereocenters. The monoisotopic (exact) mass is 457 g/mol. The lowest BCUT2D eigenvalue weighted by molar-refractivity contribution is 0.113. The van der Waals surface area contributed by atoms with Crippen LogP contribution in [0.3, 0.4) is 0 Å². The third-order valence-electron chi connectivity index (χ3n) is 5.28. The second-order valence-corrected chi connectivity index (χ2v) is 8.98. The maximum atomic E-state index is 12.8. The highest BCUT2D eigenvalue weighted by molar-refractivity contribution is 7.80. The molecule has 0 aliphatic carbocycles. The quantitative estimate of drug-likeness (QED) is 0.498. The molecule has 1 fully saturated rings. The summed E-state index contributed by atoms with van der Waals surface area (Å²) in [5.74, 6) is 0.789. The summed E-state index contributed by atoms with van der Waals surface area (Å²) in [5.41, 5.74) is 1.36. The number of nitrogens with zero attached hydrogens (tertiary/aromatic N) is 1. The van der Waals surface area contributed by atoms with Gasteiger partial charge >= 0.3 is 0 Å². The fourth-order valence-electron chi connectivity index (χ4n) is 3.72. The molecule has 4 rings (SSSR count). The average Bonchev–Trinajstić information content (AvgIpc) is 3.46. The number of H-pyrrole nitrogens is 1. The zero-order chi connectivity index (χ0) is 21.6. The number of ether oxygens (including phenoxy) is 2. The molecule has 6 nitrogen and oxygen atoms in total. The minimum Gasteiger partial charge on any atom is -0.494 e. The van der Waals surface area contributed by atoms with Crippen LogP contribution in [0.25, 0.3) is 10.9 Å². The molecule has 1 aliphatic rings. The summed E-state index contributed by atoms with van der Waals surface area (Å²) >= 11 is 7.39. The second kappa shape index (κ2) is 10.3. The SMILES string of the molecule is CCOc1ccc2[nH]c(=O)c(CN(Cc3cccs3)C(=S)NC[C@@H]3CCCO3)cc2c1. The summed E-state index contributed by atoms with van der Waals surface area (Å²) in [6, 6.07) is 11.7. The van der Waals surface area contributed by atoms with E-state index < -0.39 is 0 Å². The molecule has 2 N–H and O–H groups in total. The zero-order valence-corrected chi connectivity index (χ0v) is 19.2. The van der Waals surface area contributed by atoms with E-state index >= 15 is 0 Å². The molecule has 3 heterocycles. The molecule has 8 heteroatoms. The molecule has 1 saturated heterocycles. The van der Waals surface area contributed by atoms with Crippen LogP contribution in [0.15, 0.2) is 46.6 Å². The van der Waals surface area contributed by atoms with E-state index in [1.54, 1.807) is 11.3 Å². The Morgan fingerprint density at radius 1 is 1.35 bits per heavy atom. The van der Waals surface area contributed by atoms with E-state index in [1.165, 1.54) is 4.88 Å². The predicted molar refractivity (Wildman–Crippen MR) is 129 cm³/mol. The van der Waals surface area contributed by atoms with Gasteiger partial charge in [-0.1, -0.05) is 6.07 Å². The smallest absolute Gasteiger partial charge is 0.253 e. The van der Waals surface area contributed by atoms with Crippen LogP contribution in [0, 0.1) is 0 Å². The van der Waals surface area contributed by atoms with Gasteiger partial charge in [-0.15, -0.1) is 11.3 Å². The topological polar surface area (TPSA) is 66.6 Å². The third kappa shape index (κ3) is 5.64. The highest BCUT2D eigenvalue weighted by Gasteiger charge is 2.19. The Kier molecular flexibility index (Phi) is 7.21. The van der Waals surface area contributed by atoms with Crippen molar-refractivity contribution in [1.82, 2.24) is 15.2 Å². The maximum absolute atomic E-state index is 12.8. The number of aromatic amines is 1. The van der Waals surface area contributed by atoms with Gasteiger partial charge in [0.1, 0.15) is 5.75 Å². The summed E-state index contributed by atoms with van der Waals surface area (Å²) in [6.07, 6.45) is 2.34. The lowest BCUT2D eigenvalue weighted by Gasteiger charge is -2.26. The van der Waals surface area contributed by atoms with Crippen molar-refractivity contribution in [2.24, 2.45) is 0 Å². The first-order chi connectivity index (χ1) is 15.1. The van der Waals surface area contributed by atoms with Crippen molar-refractivity contribution in [1.29, 1.82) is 0 Å². The van der Waals surface area contributed by atoms with Crippen molar-refractivity contribution in [3.05, 3.63) is 62.6 Å². The summed E-state index contributed by atoms with van der Waals surface area (Å²) in [4.78, 5) is 19.0. The largest absolute Gasteiger partial charge is 0.494 e. The van der Waals surface area contributed by atoms with Gasteiger partial charge in [-0.2, -0.15) is 0 Å². The van der Waals surface area contributed by atoms with Crippen LogP contribution in [0.2, 0.25) is 0 Å². The van der Waals surface area contributed by atoms with Crippen LogP contribution in [0.1, 0.15) is 30.2 Å². The predicted octanol–water partition coefficient (Wildman–Crippen LogP) is 4.04. The van der Waals surface area contributed by atoms with Gasteiger partial charge in [0.2, 0.25) is 0 Å². The number of hydrogen-bond donors (Lipinski definition) is 2. The van der Waals surface area contributed by atoms with E-state index in [1.807, 2.05) is 42.2 Å². The Hall–Kier alpha value is -2.42. The molecular weight excluding hydrogens is 430 g/mol. The van der Waals surface area contributed by atoms with Crippen LogP contribution in [-0.2, 0) is 17.8 Å². The van der Waals surface area contributed by atoms with E-state index in [-0.39, 0.29) is 11.7 Å². The first kappa shape index (κ1) is 21.8. The molecule has 31 heavy (non-hydrogen) atoms. The molecule has 2 aromatic heterocycles. The summed E-state index contributed by atoms with van der Waals surface area (Å²) in [5, 5.41) is 6.97. The van der Waals surface area contributed by atoms with Crippen LogP contribution in [-0.4, -0.2) is 40.9 Å². The van der Waals surface area contributed by atoms with Crippen molar-refractivity contribution >= 4 is 39.6 Å². The molecule has 0 saturated carbocycles. The average molecular weight is 458 g/mol. The van der Waals surface area contributed by atoms with Crippen molar-refractivity contribution < 1.29 is 9.47 Å². The fraction of sp³-hybridized carbons (Fsp3) is 0.391. The molecule has 0 spiro atoms. The zero-order valence-electron chi connectivity index (χ0n) is 17.6. The van der Waals surface area contributed by atoms with Gasteiger partial charge in [-0.3, -0.25) is 4.79 Å². The highest BCUT2D eigenvalue weighted by atomic mass is 32.1. The van der Waals surface area contributed by atoms with Gasteiger partial charge in [-0.05, 0) is 67.7 Å². The second-order valence-electron chi connectivity index (χ2n) is 7.56. The number of aromatic nitrogens is 1. The number of fused-ring (bicyclic) bond motifs is 1. The minimum atomic E-state index is -0.102. The lowest BCUT2D eigenvalue weighted by atomic mass is 10.1. The summed E-state index contributed by atoms with van der Waals surface area (Å²) in [7, 11) is 0. The molecule has 1 atom stereocenters. The van der Waals surface area contributed by atoms with Gasteiger partial charge in [0, 0.05) is 34.5 Å². The number of benzene rings is 1. The molecule has 1 aromatic carbocycles. The van der Waals surface area contributed by atoms with Crippen LogP contribution >= 0.6 is 23.6 Å². The molecule has 3 aromatic rings. The highest BCUT2D eigenvalue weighted by Crippen LogP contribution is 2.21. The van der Waals surface area contributed by atoms with E-state index in [4.69, 9.17) is 21.7 Å². The van der Waals surface area contributed by atoms with E-state index in [9.17, 15) is 4.79 Å². The van der Waals surface area contributed by atoms with Gasteiger partial charge in [0.05, 0.1) is 25.8 Å². The summed E-state index contributed by atoms with van der Waals surface area (Å²) in [6.45, 7) is 5.11. The number of pyridine rings is 1. The summed E-state index contributed by atoms with van der Waals surface area (Å²) < 4.78 is 11.3. The van der Waals surface area contributed by atoms with Gasteiger partial charge in [0.15, 0.2) is 5.11 Å². The van der Waals surface area contributed by atoms with Crippen molar-refractivity contribution in [2.75, 3.05) is 19.8 Å². The van der Waals surface area contributed by atoms with E-state index in [2.05, 4.69) is 21.7 Å². The van der Waals surface area contributed by atoms with Crippen LogP contribution in [0.4, 0.5) is 0 Å². The molecule has 0 amide bonds. The molecular formula is C23H27N3O3S2. The lowest BCUT2D eigenvalue weighted by Crippen LogP contribution is -2.42. The van der Waals surface area contributed by atoms with Gasteiger partial charge in [0.25, 0.3) is 5.56 Å². The first-order valence-electron chi connectivity index (χ1n) is 10.6. The van der Waals surface area contributed by atoms with Crippen LogP contribution < -0.4 is 15.6 Å². The molecule has 164 valence electrons. The Labute approximate surface area is 191 Å². The standard InChI is InChI=1S/C23H27N3O3S2/c1-2-28-18-7-8-21-16(12-18)11-17(22(27)25-21)14-26(15-20-6-4-10-31-20)23(30)24-13-19-5-3-9-29-19/h4,6-8,10-12,19H,2-3,5,9,13-15H2,1H3,(H,24,30)(H,25,27)/t19-/m0/s1. The fourth-order valence-corrected chi connectivity index (χ4v) is 4.65. The maximum Gasteiger partial charge on any atom is 0.253 e. The Morgan fingerprint density at radius 2 is 2.26 bits per heavy atom. The Balaban J connectivity index is 1.55. The van der Waals surface area contributed by atoms with Gasteiger partial charge < -0.3 is 24.7 Å². The van der Waals surface area contributed by atoms with E-state index in [0.29, 0.717) is 36.9 Å². The normalized spacial score (nSPS) is 15.8. The Bertz CT molecular complexity index is 1080. The van der Waals surface area contributed by atoms with E-state index in [0.717, 1.165) is 36.1 Å². The first-order valence-corrected chi connectivity index (χ1v) is 11.9. The van der Waals surface area contributed by atoms with Crippen molar-refractivity contribution in [2.45, 2.75) is 39.0 Å². The molecule has 1 aliphatic heterocycles. The number of thiophene rings is 1. The number of hydrogen-bond acceptors (Lipinski definition) is 5. The number of rotatable bonds is 8. The minimum absolute atomic E-state index is 0.102. The van der Waals surface area contributed by atoms with Gasteiger partial charge in [-0.25, -0.2) is 0 Å². The Morgan fingerprint density at radius 3 is 3.00 bits per heavy atom. The molecule has 0 radical (unpaired) electrons. The van der Waals surface area contributed by atoms with Crippen molar-refractivity contribution in [3.63, 3.8) is 0 Å². The number of nitrogens with one attached hydrogen (secondary N) is 2. The number of thiocarbonyl (C=S) groups is 1. The molecule has 0 bridgehead atoms.